The summed E-state index contributed by atoms with van der Waals surface area (Å²) in [5, 5.41) is 2.72. The van der Waals surface area contributed by atoms with Crippen LogP contribution in [0.15, 0.2) is 35.7 Å². The predicted octanol–water partition coefficient (Wildman–Crippen LogP) is 5.41. The van der Waals surface area contributed by atoms with E-state index in [1.165, 1.54) is 25.0 Å². The first-order valence-corrected chi connectivity index (χ1v) is 13.1. The SMILES string of the molecule is CCOC(=O)[C@H](Cc1ccc(NC(=O)c2c(Cl)cncc2Cl)cn1)N=C1C(Br)OC12CCCCC2. The van der Waals surface area contributed by atoms with Gasteiger partial charge >= 0.3 is 5.97 Å². The highest BCUT2D eigenvalue weighted by Gasteiger charge is 2.52. The molecule has 3 heterocycles. The van der Waals surface area contributed by atoms with Crippen LogP contribution in [0.4, 0.5) is 5.69 Å². The number of halogens is 3. The number of pyridine rings is 2. The Kier molecular flexibility index (Phi) is 8.42. The van der Waals surface area contributed by atoms with Gasteiger partial charge < -0.3 is 14.8 Å². The van der Waals surface area contributed by atoms with E-state index in [-0.39, 0.29) is 39.3 Å². The Morgan fingerprint density at radius 3 is 2.54 bits per heavy atom. The highest BCUT2D eigenvalue weighted by atomic mass is 79.9. The molecule has 11 heteroatoms. The molecule has 2 aliphatic rings. The standard InChI is InChI=1S/C24H25BrCl2N4O4/c1-2-34-23(33)18(31-20-21(25)35-24(20)8-4-3-5-9-24)10-14-6-7-15(11-29-14)30-22(32)19-16(26)12-28-13-17(19)27/h6-7,11-13,18,21H,2-5,8-10H2,1H3,(H,30,32)/t18-,21?/m0/s1. The molecule has 1 aliphatic heterocycles. The van der Waals surface area contributed by atoms with Crippen molar-refractivity contribution in [2.45, 2.75) is 62.1 Å². The number of rotatable bonds is 7. The van der Waals surface area contributed by atoms with E-state index < -0.39 is 17.9 Å². The number of aromatic nitrogens is 2. The van der Waals surface area contributed by atoms with Crippen molar-refractivity contribution < 1.29 is 19.1 Å². The van der Waals surface area contributed by atoms with Crippen LogP contribution in [0.5, 0.6) is 0 Å². The summed E-state index contributed by atoms with van der Waals surface area (Å²) in [6.07, 6.45) is 9.61. The summed E-state index contributed by atoms with van der Waals surface area (Å²) < 4.78 is 11.3. The maximum Gasteiger partial charge on any atom is 0.331 e. The molecule has 2 aromatic rings. The van der Waals surface area contributed by atoms with Gasteiger partial charge in [0.2, 0.25) is 0 Å². The second-order valence-corrected chi connectivity index (χ2v) is 10.1. The highest BCUT2D eigenvalue weighted by molar-refractivity contribution is 9.09. The lowest BCUT2D eigenvalue weighted by atomic mass is 9.77. The molecule has 1 saturated heterocycles. The number of aliphatic imine (C=N–C) groups is 1. The first-order valence-electron chi connectivity index (χ1n) is 11.4. The third-order valence-electron chi connectivity index (χ3n) is 6.09. The average molecular weight is 584 g/mol. The minimum atomic E-state index is -0.741. The Hall–Kier alpha value is -2.07. The third-order valence-corrected chi connectivity index (χ3v) is 7.28. The molecule has 2 aromatic heterocycles. The first-order chi connectivity index (χ1) is 16.8. The van der Waals surface area contributed by atoms with Crippen LogP contribution in [0.1, 0.15) is 55.1 Å². The van der Waals surface area contributed by atoms with Gasteiger partial charge in [-0.15, -0.1) is 0 Å². The van der Waals surface area contributed by atoms with E-state index >= 15 is 0 Å². The number of ether oxygens (including phenoxy) is 2. The third kappa shape index (κ3) is 5.85. The van der Waals surface area contributed by atoms with Crippen molar-refractivity contribution >= 4 is 62.4 Å². The van der Waals surface area contributed by atoms with Crippen molar-refractivity contribution in [1.29, 1.82) is 0 Å². The average Bonchev–Trinajstić information content (AvgIpc) is 2.83. The number of anilines is 1. The fourth-order valence-electron chi connectivity index (χ4n) is 4.36. The van der Waals surface area contributed by atoms with Gasteiger partial charge in [-0.2, -0.15) is 0 Å². The second kappa shape index (κ2) is 11.3. The lowest BCUT2D eigenvalue weighted by Crippen LogP contribution is -2.60. The van der Waals surface area contributed by atoms with Crippen molar-refractivity contribution in [3.63, 3.8) is 0 Å². The van der Waals surface area contributed by atoms with Gasteiger partial charge in [0.1, 0.15) is 5.60 Å². The Morgan fingerprint density at radius 1 is 1.23 bits per heavy atom. The first kappa shape index (κ1) is 26.0. The quantitative estimate of drug-likeness (QED) is 0.345. The Balaban J connectivity index is 1.49. The van der Waals surface area contributed by atoms with E-state index in [2.05, 4.69) is 31.2 Å². The minimum Gasteiger partial charge on any atom is -0.464 e. The number of carbonyl (C=O) groups is 2. The van der Waals surface area contributed by atoms with Gasteiger partial charge in [0.05, 0.1) is 39.8 Å². The van der Waals surface area contributed by atoms with Crippen LogP contribution in [0.25, 0.3) is 0 Å². The zero-order valence-corrected chi connectivity index (χ0v) is 22.2. The molecule has 1 saturated carbocycles. The van der Waals surface area contributed by atoms with Crippen molar-refractivity contribution in [2.24, 2.45) is 4.99 Å². The molecule has 2 atom stereocenters. The molecule has 186 valence electrons. The summed E-state index contributed by atoms with van der Waals surface area (Å²) in [5.74, 6) is -0.877. The van der Waals surface area contributed by atoms with Crippen LogP contribution < -0.4 is 5.32 Å². The molecule has 2 fully saturated rings. The van der Waals surface area contributed by atoms with E-state index in [9.17, 15) is 9.59 Å². The fraction of sp³-hybridized carbons (Fsp3) is 0.458. The lowest BCUT2D eigenvalue weighted by molar-refractivity contribution is -0.144. The maximum absolute atomic E-state index is 12.7. The molecule has 8 nitrogen and oxygen atoms in total. The molecule has 1 unspecified atom stereocenters. The molecule has 1 spiro atoms. The summed E-state index contributed by atoms with van der Waals surface area (Å²) in [5.41, 5.74) is 1.71. The molecule has 1 N–H and O–H groups in total. The maximum atomic E-state index is 12.7. The number of nitrogens with zero attached hydrogens (tertiary/aromatic N) is 3. The summed E-state index contributed by atoms with van der Waals surface area (Å²) in [6.45, 7) is 2.03. The minimum absolute atomic E-state index is 0.134. The number of hydrogen-bond acceptors (Lipinski definition) is 7. The summed E-state index contributed by atoms with van der Waals surface area (Å²) in [7, 11) is 0. The van der Waals surface area contributed by atoms with Gasteiger partial charge in [-0.1, -0.05) is 58.4 Å². The van der Waals surface area contributed by atoms with Crippen LogP contribution in [-0.2, 0) is 20.7 Å². The summed E-state index contributed by atoms with van der Waals surface area (Å²) in [4.78, 5) is 38.4. The predicted molar refractivity (Wildman–Crippen MR) is 138 cm³/mol. The van der Waals surface area contributed by atoms with Crippen molar-refractivity contribution in [2.75, 3.05) is 11.9 Å². The number of hydrogen-bond donors (Lipinski definition) is 1. The van der Waals surface area contributed by atoms with Crippen LogP contribution in [0.3, 0.4) is 0 Å². The van der Waals surface area contributed by atoms with E-state index in [1.807, 2.05) is 0 Å². The summed E-state index contributed by atoms with van der Waals surface area (Å²) >= 11 is 15.6. The number of amides is 1. The number of carbonyl (C=O) groups excluding carboxylic acids is 2. The lowest BCUT2D eigenvalue weighted by Gasteiger charge is -2.49. The summed E-state index contributed by atoms with van der Waals surface area (Å²) in [6, 6.07) is 2.69. The molecule has 0 bridgehead atoms. The van der Waals surface area contributed by atoms with Crippen LogP contribution in [0.2, 0.25) is 10.0 Å². The van der Waals surface area contributed by atoms with E-state index in [0.29, 0.717) is 11.4 Å². The monoisotopic (exact) mass is 582 g/mol. The van der Waals surface area contributed by atoms with Gasteiger partial charge in [0.15, 0.2) is 11.1 Å². The van der Waals surface area contributed by atoms with E-state index in [0.717, 1.165) is 31.4 Å². The Bertz CT molecular complexity index is 1100. The number of esters is 1. The normalized spacial score (nSPS) is 20.8. The second-order valence-electron chi connectivity index (χ2n) is 8.45. The van der Waals surface area contributed by atoms with Gasteiger partial charge in [0, 0.05) is 24.5 Å². The van der Waals surface area contributed by atoms with E-state index in [1.54, 1.807) is 19.1 Å². The highest BCUT2D eigenvalue weighted by Crippen LogP contribution is 2.44. The molecular weight excluding hydrogens is 559 g/mol. The van der Waals surface area contributed by atoms with Crippen molar-refractivity contribution in [1.82, 2.24) is 9.97 Å². The molecule has 0 radical (unpaired) electrons. The molecule has 35 heavy (non-hydrogen) atoms. The Morgan fingerprint density at radius 2 is 1.94 bits per heavy atom. The molecule has 0 aromatic carbocycles. The van der Waals surface area contributed by atoms with Gasteiger partial charge in [-0.3, -0.25) is 19.8 Å². The van der Waals surface area contributed by atoms with Crippen LogP contribution in [-0.4, -0.2) is 50.8 Å². The topological polar surface area (TPSA) is 103 Å². The van der Waals surface area contributed by atoms with Crippen molar-refractivity contribution in [3.8, 4) is 0 Å². The molecule has 4 rings (SSSR count). The Labute approximate surface area is 221 Å². The van der Waals surface area contributed by atoms with Gasteiger partial charge in [-0.05, 0) is 31.9 Å². The number of alkyl halides is 1. The molecule has 1 aliphatic carbocycles. The molecular formula is C24H25BrCl2N4O4. The van der Waals surface area contributed by atoms with Gasteiger partial charge in [0.25, 0.3) is 5.91 Å². The zero-order chi connectivity index (χ0) is 25.0. The van der Waals surface area contributed by atoms with Gasteiger partial charge in [-0.25, -0.2) is 4.79 Å². The number of nitrogens with one attached hydrogen (secondary N) is 1. The fourth-order valence-corrected chi connectivity index (χ4v) is 5.79. The van der Waals surface area contributed by atoms with Crippen LogP contribution >= 0.6 is 39.1 Å². The van der Waals surface area contributed by atoms with Crippen molar-refractivity contribution in [3.05, 3.63) is 52.0 Å². The molecule has 1 amide bonds. The zero-order valence-electron chi connectivity index (χ0n) is 19.1. The smallest absolute Gasteiger partial charge is 0.331 e. The van der Waals surface area contributed by atoms with Crippen LogP contribution in [0, 0.1) is 0 Å². The largest absolute Gasteiger partial charge is 0.464 e. The van der Waals surface area contributed by atoms with E-state index in [4.69, 9.17) is 37.7 Å².